The van der Waals surface area contributed by atoms with E-state index in [1.807, 2.05) is 4.90 Å². The number of halogens is 2. The Kier molecular flexibility index (Phi) is 4.11. The quantitative estimate of drug-likeness (QED) is 0.814. The molecular weight excluding hydrogens is 341 g/mol. The minimum absolute atomic E-state index is 0.0481. The molecule has 2 saturated heterocycles. The van der Waals surface area contributed by atoms with Crippen LogP contribution in [0.1, 0.15) is 50.5 Å². The average Bonchev–Trinajstić information content (AvgIpc) is 2.51. The first-order valence-corrected chi connectivity index (χ1v) is 9.33. The summed E-state index contributed by atoms with van der Waals surface area (Å²) >= 11 is 6.12. The van der Waals surface area contributed by atoms with Gasteiger partial charge in [0.15, 0.2) is 0 Å². The maximum Gasteiger partial charge on any atom is 0.322 e. The van der Waals surface area contributed by atoms with Crippen LogP contribution in [0.5, 0.6) is 0 Å². The van der Waals surface area contributed by atoms with Crippen LogP contribution in [0, 0.1) is 29.0 Å². The highest BCUT2D eigenvalue weighted by Crippen LogP contribution is 2.46. The fourth-order valence-electron chi connectivity index (χ4n) is 4.64. The van der Waals surface area contributed by atoms with Gasteiger partial charge in [0, 0.05) is 23.7 Å². The third-order valence-corrected chi connectivity index (χ3v) is 6.46. The molecule has 5 rings (SSSR count). The maximum atomic E-state index is 14.2. The van der Waals surface area contributed by atoms with Crippen LogP contribution in [-0.4, -0.2) is 23.0 Å². The van der Waals surface area contributed by atoms with Crippen LogP contribution in [0.15, 0.2) is 12.1 Å². The Bertz CT molecular complexity index is 750. The second-order valence-electron chi connectivity index (χ2n) is 7.74. The molecular formula is C19H21ClFN3O. The van der Waals surface area contributed by atoms with E-state index in [2.05, 4.69) is 18.3 Å². The number of piperidine rings is 1. The van der Waals surface area contributed by atoms with Crippen LogP contribution in [0.3, 0.4) is 0 Å². The Balaban J connectivity index is 1.52. The fourth-order valence-corrected chi connectivity index (χ4v) is 4.89. The molecule has 1 aromatic carbocycles. The third kappa shape index (κ3) is 2.77. The van der Waals surface area contributed by atoms with Crippen LogP contribution in [0.2, 0.25) is 5.02 Å². The second-order valence-corrected chi connectivity index (χ2v) is 8.12. The topological polar surface area (TPSA) is 56.1 Å². The second kappa shape index (κ2) is 6.17. The van der Waals surface area contributed by atoms with Crippen molar-refractivity contribution < 1.29 is 9.18 Å². The first kappa shape index (κ1) is 16.7. The normalized spacial score (nSPS) is 33.0. The summed E-state index contributed by atoms with van der Waals surface area (Å²) in [7, 11) is 0. The molecule has 0 radical (unpaired) electrons. The van der Waals surface area contributed by atoms with Crippen LogP contribution in [-0.2, 0) is 0 Å². The summed E-state index contributed by atoms with van der Waals surface area (Å²) in [5.74, 6) is -0.0587. The van der Waals surface area contributed by atoms with Gasteiger partial charge in [0.05, 0.1) is 17.0 Å². The number of hydrogen-bond acceptors (Lipinski definition) is 2. The first-order valence-electron chi connectivity index (χ1n) is 8.95. The average molecular weight is 362 g/mol. The van der Waals surface area contributed by atoms with Gasteiger partial charge in [-0.2, -0.15) is 5.26 Å². The lowest BCUT2D eigenvalue weighted by atomic mass is 9.71. The molecule has 2 amide bonds. The van der Waals surface area contributed by atoms with E-state index in [0.29, 0.717) is 29.3 Å². The Hall–Kier alpha value is -1.80. The van der Waals surface area contributed by atoms with Crippen molar-refractivity contribution in [3.63, 3.8) is 0 Å². The van der Waals surface area contributed by atoms with Gasteiger partial charge in [-0.3, -0.25) is 0 Å². The maximum absolute atomic E-state index is 14.2. The standard InChI is InChI=1S/C19H21ClFN3O/c1-10-4-13-8-14(5-10)24(13)19(25)23-12-6-16(18(20)17(21)7-12)15-3-2-11(15)9-22/h6-7,10-11,13-15H,2-5,8H2,1H3,(H,23,25)/t10?,11-,13-,14?,15?/m1/s1. The van der Waals surface area contributed by atoms with E-state index in [9.17, 15) is 9.18 Å². The van der Waals surface area contributed by atoms with E-state index >= 15 is 0 Å². The lowest BCUT2D eigenvalue weighted by Crippen LogP contribution is -2.63. The highest BCUT2D eigenvalue weighted by Gasteiger charge is 2.46. The molecule has 1 N–H and O–H groups in total. The summed E-state index contributed by atoms with van der Waals surface area (Å²) in [4.78, 5) is 14.5. The number of fused-ring (bicyclic) bond motifs is 2. The van der Waals surface area contributed by atoms with Crippen molar-refractivity contribution in [1.29, 1.82) is 5.26 Å². The van der Waals surface area contributed by atoms with Crippen LogP contribution >= 0.6 is 11.6 Å². The fraction of sp³-hybridized carbons (Fsp3) is 0.579. The molecule has 0 aromatic heterocycles. The van der Waals surface area contributed by atoms with Gasteiger partial charge in [-0.1, -0.05) is 18.5 Å². The van der Waals surface area contributed by atoms with Gasteiger partial charge in [-0.15, -0.1) is 0 Å². The number of rotatable bonds is 2. The molecule has 4 fully saturated rings. The van der Waals surface area contributed by atoms with Crippen molar-refractivity contribution in [2.45, 2.75) is 57.0 Å². The molecule has 4 aliphatic rings. The van der Waals surface area contributed by atoms with Gasteiger partial charge in [0.1, 0.15) is 5.82 Å². The molecule has 2 aliphatic heterocycles. The smallest absolute Gasteiger partial charge is 0.318 e. The lowest BCUT2D eigenvalue weighted by Gasteiger charge is -2.54. The van der Waals surface area contributed by atoms with Gasteiger partial charge in [0.2, 0.25) is 0 Å². The van der Waals surface area contributed by atoms with Crippen molar-refractivity contribution in [2.24, 2.45) is 11.8 Å². The Morgan fingerprint density at radius 2 is 2.04 bits per heavy atom. The van der Waals surface area contributed by atoms with Crippen LogP contribution in [0.4, 0.5) is 14.9 Å². The van der Waals surface area contributed by atoms with Crippen molar-refractivity contribution in [3.05, 3.63) is 28.5 Å². The summed E-state index contributed by atoms with van der Waals surface area (Å²) in [6.45, 7) is 2.22. The van der Waals surface area contributed by atoms with E-state index in [1.165, 1.54) is 6.07 Å². The van der Waals surface area contributed by atoms with E-state index in [4.69, 9.17) is 16.9 Å². The number of urea groups is 1. The largest absolute Gasteiger partial charge is 0.322 e. The number of hydrogen-bond donors (Lipinski definition) is 1. The minimum Gasteiger partial charge on any atom is -0.318 e. The summed E-state index contributed by atoms with van der Waals surface area (Å²) in [6, 6.07) is 5.70. The third-order valence-electron chi connectivity index (χ3n) is 6.06. The monoisotopic (exact) mass is 361 g/mol. The number of carbonyl (C=O) groups excluding carboxylic acids is 1. The molecule has 4 nitrogen and oxygen atoms in total. The van der Waals surface area contributed by atoms with Crippen molar-refractivity contribution in [1.82, 2.24) is 4.90 Å². The zero-order chi connectivity index (χ0) is 17.7. The van der Waals surface area contributed by atoms with Gasteiger partial charge < -0.3 is 10.2 Å². The Labute approximate surface area is 151 Å². The number of nitrogens with zero attached hydrogens (tertiary/aromatic N) is 2. The molecule has 6 heteroatoms. The van der Waals surface area contributed by atoms with E-state index < -0.39 is 5.82 Å². The van der Waals surface area contributed by atoms with E-state index in [-0.39, 0.29) is 22.9 Å². The van der Waals surface area contributed by atoms with E-state index in [1.54, 1.807) is 6.07 Å². The molecule has 25 heavy (non-hydrogen) atoms. The highest BCUT2D eigenvalue weighted by atomic mass is 35.5. The molecule has 3 unspecified atom stereocenters. The molecule has 5 atom stereocenters. The van der Waals surface area contributed by atoms with Crippen molar-refractivity contribution in [2.75, 3.05) is 5.32 Å². The Morgan fingerprint density at radius 3 is 2.64 bits per heavy atom. The number of carbonyl (C=O) groups is 1. The van der Waals surface area contributed by atoms with Gasteiger partial charge in [-0.25, -0.2) is 9.18 Å². The molecule has 2 aliphatic carbocycles. The number of anilines is 1. The minimum atomic E-state index is -0.546. The van der Waals surface area contributed by atoms with Crippen LogP contribution in [0.25, 0.3) is 0 Å². The molecule has 1 aromatic rings. The van der Waals surface area contributed by atoms with Crippen molar-refractivity contribution in [3.8, 4) is 6.07 Å². The summed E-state index contributed by atoms with van der Waals surface area (Å²) < 4.78 is 14.2. The SMILES string of the molecule is CC1CC2C[C@@H](C1)N2C(=O)Nc1cc(F)c(Cl)c(C2CC[C@@H]2C#N)c1. The number of amides is 2. The number of benzene rings is 1. The number of nitriles is 1. The zero-order valence-corrected chi connectivity index (χ0v) is 14.9. The van der Waals surface area contributed by atoms with E-state index in [0.717, 1.165) is 32.1 Å². The summed E-state index contributed by atoms with van der Waals surface area (Å²) in [5.41, 5.74) is 1.05. The summed E-state index contributed by atoms with van der Waals surface area (Å²) in [6.07, 6.45) is 4.78. The molecule has 2 heterocycles. The van der Waals surface area contributed by atoms with Gasteiger partial charge >= 0.3 is 6.03 Å². The highest BCUT2D eigenvalue weighted by molar-refractivity contribution is 6.31. The molecule has 0 spiro atoms. The number of nitrogens with one attached hydrogen (secondary N) is 1. The van der Waals surface area contributed by atoms with Crippen molar-refractivity contribution >= 4 is 23.3 Å². The predicted octanol–water partition coefficient (Wildman–Crippen LogP) is 4.90. The van der Waals surface area contributed by atoms with Crippen LogP contribution < -0.4 is 5.32 Å². The molecule has 2 saturated carbocycles. The Morgan fingerprint density at radius 1 is 1.32 bits per heavy atom. The lowest BCUT2D eigenvalue weighted by molar-refractivity contribution is -0.00601. The van der Waals surface area contributed by atoms with Gasteiger partial charge in [-0.05, 0) is 55.7 Å². The summed E-state index contributed by atoms with van der Waals surface area (Å²) in [5, 5.41) is 12.1. The molecule has 132 valence electrons. The first-order chi connectivity index (χ1) is 12.0. The molecule has 2 bridgehead atoms. The zero-order valence-electron chi connectivity index (χ0n) is 14.1. The predicted molar refractivity (Wildman–Crippen MR) is 93.9 cm³/mol. The van der Waals surface area contributed by atoms with Gasteiger partial charge in [0.25, 0.3) is 0 Å².